The molecule has 0 rings (SSSR count). The second kappa shape index (κ2) is 9.32. The number of ether oxygens (including phenoxy) is 1. The summed E-state index contributed by atoms with van der Waals surface area (Å²) in [6, 6.07) is 0.554. The molecule has 0 aliphatic carbocycles. The van der Waals surface area contributed by atoms with E-state index < -0.39 is 5.54 Å². The lowest BCUT2D eigenvalue weighted by molar-refractivity contribution is -0.148. The van der Waals surface area contributed by atoms with Gasteiger partial charge in [-0.25, -0.2) is 0 Å². The molecular formula is C15H32N2O2. The lowest BCUT2D eigenvalue weighted by Crippen LogP contribution is -2.51. The second-order valence-corrected chi connectivity index (χ2v) is 5.58. The van der Waals surface area contributed by atoms with Gasteiger partial charge in [-0.3, -0.25) is 4.79 Å². The molecule has 0 aliphatic heterocycles. The van der Waals surface area contributed by atoms with Gasteiger partial charge in [0, 0.05) is 6.04 Å². The number of nitrogens with zero attached hydrogens (tertiary/aromatic N) is 1. The van der Waals surface area contributed by atoms with Crippen LogP contribution >= 0.6 is 0 Å². The predicted octanol–water partition coefficient (Wildman–Crippen LogP) is 2.43. The van der Waals surface area contributed by atoms with Crippen LogP contribution in [0.2, 0.25) is 0 Å². The molecule has 0 aromatic heterocycles. The molecule has 0 spiro atoms. The number of methoxy groups -OCH3 is 1. The summed E-state index contributed by atoms with van der Waals surface area (Å²) in [5, 5.41) is 3.32. The van der Waals surface area contributed by atoms with Crippen molar-refractivity contribution in [1.29, 1.82) is 0 Å². The fraction of sp³-hybridized carbons (Fsp3) is 0.933. The van der Waals surface area contributed by atoms with Gasteiger partial charge in [-0.15, -0.1) is 0 Å². The third-order valence-electron chi connectivity index (χ3n) is 3.66. The topological polar surface area (TPSA) is 41.6 Å². The fourth-order valence-electron chi connectivity index (χ4n) is 2.31. The van der Waals surface area contributed by atoms with Gasteiger partial charge in [0.2, 0.25) is 0 Å². The number of esters is 1. The number of carbonyl (C=O) groups is 1. The van der Waals surface area contributed by atoms with E-state index in [2.05, 4.69) is 37.9 Å². The standard InChI is InChI=1S/C15H32N2O2/c1-7-11-16-15(5,14(18)19-6)10-9-12-17(8-2)13(3)4/h13,16H,7-12H2,1-6H3. The molecule has 114 valence electrons. The highest BCUT2D eigenvalue weighted by Crippen LogP contribution is 2.15. The molecule has 4 nitrogen and oxygen atoms in total. The van der Waals surface area contributed by atoms with Crippen molar-refractivity contribution in [2.24, 2.45) is 0 Å². The summed E-state index contributed by atoms with van der Waals surface area (Å²) < 4.78 is 4.93. The molecule has 1 N–H and O–H groups in total. The molecule has 19 heavy (non-hydrogen) atoms. The summed E-state index contributed by atoms with van der Waals surface area (Å²) in [4.78, 5) is 14.3. The van der Waals surface area contributed by atoms with Crippen molar-refractivity contribution < 1.29 is 9.53 Å². The average molecular weight is 272 g/mol. The van der Waals surface area contributed by atoms with E-state index in [0.29, 0.717) is 6.04 Å². The Morgan fingerprint density at radius 1 is 1.37 bits per heavy atom. The number of hydrogen-bond acceptors (Lipinski definition) is 4. The highest BCUT2D eigenvalue weighted by Gasteiger charge is 2.33. The van der Waals surface area contributed by atoms with Gasteiger partial charge in [0.1, 0.15) is 5.54 Å². The largest absolute Gasteiger partial charge is 0.468 e. The van der Waals surface area contributed by atoms with E-state index in [0.717, 1.165) is 38.9 Å². The van der Waals surface area contributed by atoms with Crippen molar-refractivity contribution in [3.8, 4) is 0 Å². The first kappa shape index (κ1) is 18.4. The van der Waals surface area contributed by atoms with E-state index >= 15 is 0 Å². The van der Waals surface area contributed by atoms with Crippen molar-refractivity contribution in [3.05, 3.63) is 0 Å². The molecule has 0 saturated heterocycles. The Morgan fingerprint density at radius 2 is 2.00 bits per heavy atom. The maximum atomic E-state index is 11.9. The van der Waals surface area contributed by atoms with Gasteiger partial charge in [-0.2, -0.15) is 0 Å². The van der Waals surface area contributed by atoms with Gasteiger partial charge in [0.05, 0.1) is 7.11 Å². The van der Waals surface area contributed by atoms with Crippen LogP contribution in [0.4, 0.5) is 0 Å². The first-order valence-electron chi connectivity index (χ1n) is 7.48. The maximum absolute atomic E-state index is 11.9. The molecule has 1 atom stereocenters. The molecule has 0 heterocycles. The van der Waals surface area contributed by atoms with Gasteiger partial charge in [0.25, 0.3) is 0 Å². The third-order valence-corrected chi connectivity index (χ3v) is 3.66. The predicted molar refractivity (Wildman–Crippen MR) is 80.3 cm³/mol. The highest BCUT2D eigenvalue weighted by molar-refractivity contribution is 5.80. The molecular weight excluding hydrogens is 240 g/mol. The van der Waals surface area contributed by atoms with Crippen LogP contribution in [-0.4, -0.2) is 49.2 Å². The smallest absolute Gasteiger partial charge is 0.325 e. The second-order valence-electron chi connectivity index (χ2n) is 5.58. The Morgan fingerprint density at radius 3 is 2.42 bits per heavy atom. The average Bonchev–Trinajstić information content (AvgIpc) is 2.39. The summed E-state index contributed by atoms with van der Waals surface area (Å²) in [5.41, 5.74) is -0.554. The zero-order chi connectivity index (χ0) is 14.9. The van der Waals surface area contributed by atoms with Crippen LogP contribution in [0.3, 0.4) is 0 Å². The monoisotopic (exact) mass is 272 g/mol. The number of rotatable bonds is 10. The van der Waals surface area contributed by atoms with Gasteiger partial charge in [-0.1, -0.05) is 13.8 Å². The Balaban J connectivity index is 4.37. The normalized spacial score (nSPS) is 14.7. The minimum Gasteiger partial charge on any atom is -0.468 e. The molecule has 1 unspecified atom stereocenters. The van der Waals surface area contributed by atoms with Crippen LogP contribution in [0.15, 0.2) is 0 Å². The summed E-state index contributed by atoms with van der Waals surface area (Å²) >= 11 is 0. The van der Waals surface area contributed by atoms with Crippen molar-refractivity contribution in [2.45, 2.75) is 65.5 Å². The minimum absolute atomic E-state index is 0.159. The number of nitrogens with one attached hydrogen (secondary N) is 1. The molecule has 4 heteroatoms. The quantitative estimate of drug-likeness (QED) is 0.620. The Kier molecular flexibility index (Phi) is 9.02. The van der Waals surface area contributed by atoms with Crippen molar-refractivity contribution in [3.63, 3.8) is 0 Å². The Hall–Kier alpha value is -0.610. The van der Waals surface area contributed by atoms with Crippen LogP contribution < -0.4 is 5.32 Å². The number of carbonyl (C=O) groups excluding carboxylic acids is 1. The van der Waals surface area contributed by atoms with Gasteiger partial charge >= 0.3 is 5.97 Å². The van der Waals surface area contributed by atoms with E-state index in [1.807, 2.05) is 6.92 Å². The van der Waals surface area contributed by atoms with Crippen LogP contribution in [0.5, 0.6) is 0 Å². The maximum Gasteiger partial charge on any atom is 0.325 e. The summed E-state index contributed by atoms with van der Waals surface area (Å²) in [5.74, 6) is -0.159. The van der Waals surface area contributed by atoms with E-state index in [4.69, 9.17) is 4.74 Å². The molecule has 0 aromatic carbocycles. The van der Waals surface area contributed by atoms with Crippen molar-refractivity contribution >= 4 is 5.97 Å². The molecule has 0 saturated carbocycles. The fourth-order valence-corrected chi connectivity index (χ4v) is 2.31. The van der Waals surface area contributed by atoms with Gasteiger partial charge < -0.3 is 15.0 Å². The summed E-state index contributed by atoms with van der Waals surface area (Å²) in [6.45, 7) is 13.5. The molecule has 0 fully saturated rings. The summed E-state index contributed by atoms with van der Waals surface area (Å²) in [6.07, 6.45) is 2.82. The van der Waals surface area contributed by atoms with Crippen LogP contribution in [0, 0.1) is 0 Å². The Labute approximate surface area is 118 Å². The van der Waals surface area contributed by atoms with Crippen LogP contribution in [0.1, 0.15) is 53.9 Å². The van der Waals surface area contributed by atoms with E-state index in [-0.39, 0.29) is 5.97 Å². The third kappa shape index (κ3) is 6.39. The molecule has 0 amide bonds. The lowest BCUT2D eigenvalue weighted by atomic mass is 9.95. The zero-order valence-corrected chi connectivity index (χ0v) is 13.6. The van der Waals surface area contributed by atoms with E-state index in [9.17, 15) is 4.79 Å². The van der Waals surface area contributed by atoms with E-state index in [1.165, 1.54) is 7.11 Å². The Bertz CT molecular complexity index is 257. The van der Waals surface area contributed by atoms with Gasteiger partial charge in [0.15, 0.2) is 0 Å². The molecule has 0 bridgehead atoms. The number of hydrogen-bond donors (Lipinski definition) is 1. The van der Waals surface area contributed by atoms with Gasteiger partial charge in [-0.05, 0) is 59.7 Å². The van der Waals surface area contributed by atoms with E-state index in [1.54, 1.807) is 0 Å². The van der Waals surface area contributed by atoms with Crippen LogP contribution in [0.25, 0.3) is 0 Å². The highest BCUT2D eigenvalue weighted by atomic mass is 16.5. The first-order valence-corrected chi connectivity index (χ1v) is 7.48. The van der Waals surface area contributed by atoms with Crippen molar-refractivity contribution in [1.82, 2.24) is 10.2 Å². The summed E-state index contributed by atoms with van der Waals surface area (Å²) in [7, 11) is 1.46. The zero-order valence-electron chi connectivity index (χ0n) is 13.6. The SMILES string of the molecule is CCCNC(C)(CCCN(CC)C(C)C)C(=O)OC. The first-order chi connectivity index (χ1) is 8.91. The van der Waals surface area contributed by atoms with Crippen molar-refractivity contribution in [2.75, 3.05) is 26.7 Å². The minimum atomic E-state index is -0.554. The molecule has 0 aromatic rings. The van der Waals surface area contributed by atoms with Crippen LogP contribution in [-0.2, 0) is 9.53 Å². The molecule has 0 aliphatic rings. The molecule has 0 radical (unpaired) electrons. The lowest BCUT2D eigenvalue weighted by Gasteiger charge is -2.30.